The summed E-state index contributed by atoms with van der Waals surface area (Å²) in [4.78, 5) is 0. The first-order chi connectivity index (χ1) is 7.67. The van der Waals surface area contributed by atoms with Crippen molar-refractivity contribution >= 4 is 0 Å². The van der Waals surface area contributed by atoms with E-state index in [4.69, 9.17) is 9.47 Å². The summed E-state index contributed by atoms with van der Waals surface area (Å²) in [6.07, 6.45) is 9.10. The van der Waals surface area contributed by atoms with E-state index < -0.39 is 0 Å². The van der Waals surface area contributed by atoms with Gasteiger partial charge in [-0.2, -0.15) is 0 Å². The molecule has 2 rings (SSSR count). The number of hydrogen-bond acceptors (Lipinski definition) is 2. The van der Waals surface area contributed by atoms with E-state index in [1.807, 2.05) is 0 Å². The van der Waals surface area contributed by atoms with E-state index in [9.17, 15) is 0 Å². The molecule has 2 fully saturated rings. The molecular weight excluding hydrogens is 200 g/mol. The van der Waals surface area contributed by atoms with Crippen LogP contribution < -0.4 is 0 Å². The molecule has 0 N–H and O–H groups in total. The highest BCUT2D eigenvalue weighted by molar-refractivity contribution is 4.90. The van der Waals surface area contributed by atoms with Crippen LogP contribution in [-0.2, 0) is 9.47 Å². The van der Waals surface area contributed by atoms with Crippen LogP contribution >= 0.6 is 0 Å². The molecule has 0 aromatic heterocycles. The van der Waals surface area contributed by atoms with Crippen LogP contribution in [0.2, 0.25) is 0 Å². The van der Waals surface area contributed by atoms with Gasteiger partial charge in [-0.15, -0.1) is 0 Å². The molecule has 2 nitrogen and oxygen atoms in total. The van der Waals surface area contributed by atoms with Gasteiger partial charge in [0.2, 0.25) is 0 Å². The minimum atomic E-state index is -0.187. The van der Waals surface area contributed by atoms with Crippen molar-refractivity contribution in [2.24, 2.45) is 5.92 Å². The Morgan fingerprint density at radius 1 is 1.19 bits per heavy atom. The lowest BCUT2D eigenvalue weighted by Crippen LogP contribution is -2.28. The molecule has 0 aromatic carbocycles. The largest absolute Gasteiger partial charge is 0.344 e. The second-order valence-electron chi connectivity index (χ2n) is 5.74. The second kappa shape index (κ2) is 5.05. The Morgan fingerprint density at radius 2 is 1.88 bits per heavy atom. The van der Waals surface area contributed by atoms with Gasteiger partial charge >= 0.3 is 0 Å². The quantitative estimate of drug-likeness (QED) is 0.724. The number of unbranched alkanes of at least 4 members (excludes halogenated alkanes) is 1. The van der Waals surface area contributed by atoms with Crippen LogP contribution in [0.3, 0.4) is 0 Å². The van der Waals surface area contributed by atoms with Crippen molar-refractivity contribution in [1.82, 2.24) is 0 Å². The molecule has 1 aliphatic heterocycles. The van der Waals surface area contributed by atoms with Crippen molar-refractivity contribution in [1.29, 1.82) is 0 Å². The van der Waals surface area contributed by atoms with Gasteiger partial charge in [0.05, 0.1) is 12.2 Å². The molecule has 0 radical (unpaired) electrons. The van der Waals surface area contributed by atoms with Crippen molar-refractivity contribution in [2.45, 2.75) is 83.7 Å². The average molecular weight is 226 g/mol. The summed E-state index contributed by atoms with van der Waals surface area (Å²) in [6, 6.07) is 0. The molecule has 1 spiro atoms. The summed E-state index contributed by atoms with van der Waals surface area (Å²) >= 11 is 0. The van der Waals surface area contributed by atoms with E-state index in [1.54, 1.807) is 0 Å². The third-order valence-corrected chi connectivity index (χ3v) is 3.95. The third kappa shape index (κ3) is 2.43. The van der Waals surface area contributed by atoms with Crippen LogP contribution in [-0.4, -0.2) is 18.0 Å². The van der Waals surface area contributed by atoms with Crippen LogP contribution in [0.5, 0.6) is 0 Å². The maximum Gasteiger partial charge on any atom is 0.169 e. The minimum absolute atomic E-state index is 0.187. The Bertz CT molecular complexity index is 219. The lowest BCUT2D eigenvalue weighted by atomic mass is 9.98. The number of ether oxygens (including phenoxy) is 2. The van der Waals surface area contributed by atoms with E-state index in [0.717, 1.165) is 12.8 Å². The molecule has 1 saturated heterocycles. The molecule has 2 aliphatic rings. The fraction of sp³-hybridized carbons (Fsp3) is 1.00. The predicted molar refractivity (Wildman–Crippen MR) is 65.3 cm³/mol. The Balaban J connectivity index is 1.99. The van der Waals surface area contributed by atoms with Crippen LogP contribution in [0.25, 0.3) is 0 Å². The van der Waals surface area contributed by atoms with E-state index in [-0.39, 0.29) is 5.79 Å². The summed E-state index contributed by atoms with van der Waals surface area (Å²) < 4.78 is 12.5. The summed E-state index contributed by atoms with van der Waals surface area (Å²) in [6.45, 7) is 6.74. The molecule has 1 heterocycles. The minimum Gasteiger partial charge on any atom is -0.344 e. The van der Waals surface area contributed by atoms with E-state index in [1.165, 1.54) is 32.1 Å². The van der Waals surface area contributed by atoms with Crippen LogP contribution in [0.1, 0.15) is 65.7 Å². The Morgan fingerprint density at radius 3 is 2.44 bits per heavy atom. The van der Waals surface area contributed by atoms with Gasteiger partial charge in [-0.25, -0.2) is 0 Å². The molecule has 2 atom stereocenters. The van der Waals surface area contributed by atoms with Crippen molar-refractivity contribution in [2.75, 3.05) is 0 Å². The van der Waals surface area contributed by atoms with Crippen molar-refractivity contribution < 1.29 is 9.47 Å². The Labute approximate surface area is 99.7 Å². The summed E-state index contributed by atoms with van der Waals surface area (Å²) in [7, 11) is 0. The lowest BCUT2D eigenvalue weighted by Gasteiger charge is -2.22. The Hall–Kier alpha value is -0.0800. The van der Waals surface area contributed by atoms with Gasteiger partial charge in [0.1, 0.15) is 0 Å². The maximum absolute atomic E-state index is 6.26. The van der Waals surface area contributed by atoms with Gasteiger partial charge in [0.15, 0.2) is 5.79 Å². The summed E-state index contributed by atoms with van der Waals surface area (Å²) in [5.41, 5.74) is 0. The molecule has 1 saturated carbocycles. The first-order valence-corrected chi connectivity index (χ1v) is 7.02. The monoisotopic (exact) mass is 226 g/mol. The molecule has 2 heteroatoms. The molecule has 0 bridgehead atoms. The molecule has 0 aromatic rings. The van der Waals surface area contributed by atoms with E-state index in [2.05, 4.69) is 20.8 Å². The zero-order valence-corrected chi connectivity index (χ0v) is 11.0. The highest BCUT2D eigenvalue weighted by atomic mass is 16.8. The van der Waals surface area contributed by atoms with Gasteiger partial charge in [-0.3, -0.25) is 0 Å². The van der Waals surface area contributed by atoms with Gasteiger partial charge in [-0.1, -0.05) is 33.6 Å². The van der Waals surface area contributed by atoms with E-state index in [0.29, 0.717) is 18.1 Å². The summed E-state index contributed by atoms with van der Waals surface area (Å²) in [5.74, 6) is 0.384. The first kappa shape index (κ1) is 12.4. The van der Waals surface area contributed by atoms with Gasteiger partial charge in [0, 0.05) is 12.8 Å². The van der Waals surface area contributed by atoms with Crippen LogP contribution in [0, 0.1) is 5.92 Å². The number of hydrogen-bond donors (Lipinski definition) is 0. The smallest absolute Gasteiger partial charge is 0.169 e. The fourth-order valence-corrected chi connectivity index (χ4v) is 3.04. The standard InChI is InChI=1S/C14H26O2/c1-4-5-8-12-13(11(2)3)16-14(15-12)9-6-7-10-14/h11-13H,4-10H2,1-3H3/t12-,13-/m1/s1. The van der Waals surface area contributed by atoms with Crippen molar-refractivity contribution in [3.05, 3.63) is 0 Å². The van der Waals surface area contributed by atoms with Crippen LogP contribution in [0.4, 0.5) is 0 Å². The highest BCUT2D eigenvalue weighted by Crippen LogP contribution is 2.44. The van der Waals surface area contributed by atoms with Crippen molar-refractivity contribution in [3.63, 3.8) is 0 Å². The van der Waals surface area contributed by atoms with Crippen molar-refractivity contribution in [3.8, 4) is 0 Å². The molecule has 1 aliphatic carbocycles. The number of rotatable bonds is 4. The molecule has 0 unspecified atom stereocenters. The average Bonchev–Trinajstić information content (AvgIpc) is 2.84. The molecule has 16 heavy (non-hydrogen) atoms. The second-order valence-corrected chi connectivity index (χ2v) is 5.74. The SMILES string of the molecule is CCCC[C@H]1OC2(CCCC2)O[C@@H]1C(C)C. The first-order valence-electron chi connectivity index (χ1n) is 7.02. The maximum atomic E-state index is 6.26. The predicted octanol–water partition coefficient (Wildman–Crippen LogP) is 3.89. The van der Waals surface area contributed by atoms with Crippen LogP contribution in [0.15, 0.2) is 0 Å². The fourth-order valence-electron chi connectivity index (χ4n) is 3.04. The zero-order chi connectivity index (χ0) is 11.6. The molecule has 94 valence electrons. The topological polar surface area (TPSA) is 18.5 Å². The lowest BCUT2D eigenvalue weighted by molar-refractivity contribution is -0.172. The van der Waals surface area contributed by atoms with E-state index >= 15 is 0 Å². The summed E-state index contributed by atoms with van der Waals surface area (Å²) in [5, 5.41) is 0. The Kier molecular flexibility index (Phi) is 3.91. The molecular formula is C14H26O2. The third-order valence-electron chi connectivity index (χ3n) is 3.95. The van der Waals surface area contributed by atoms with Gasteiger partial charge < -0.3 is 9.47 Å². The zero-order valence-electron chi connectivity index (χ0n) is 11.0. The van der Waals surface area contributed by atoms with Gasteiger partial charge in [0.25, 0.3) is 0 Å². The molecule has 0 amide bonds. The highest BCUT2D eigenvalue weighted by Gasteiger charge is 2.49. The van der Waals surface area contributed by atoms with Gasteiger partial charge in [-0.05, 0) is 25.2 Å². The normalized spacial score (nSPS) is 33.0.